The minimum Gasteiger partial charge on any atom is -0.506 e. The molecule has 3 nitrogen and oxygen atoms in total. The Morgan fingerprint density at radius 2 is 1.61 bits per heavy atom. The number of aromatic nitrogens is 1. The van der Waals surface area contributed by atoms with E-state index in [-0.39, 0.29) is 17.3 Å². The van der Waals surface area contributed by atoms with Gasteiger partial charge in [0.15, 0.2) is 0 Å². The van der Waals surface area contributed by atoms with Gasteiger partial charge in [-0.15, -0.1) is 11.3 Å². The number of aromatic hydroxyl groups is 2. The van der Waals surface area contributed by atoms with Crippen LogP contribution in [0.5, 0.6) is 11.5 Å². The Kier molecular flexibility index (Phi) is 2.41. The van der Waals surface area contributed by atoms with Crippen LogP contribution in [0.2, 0.25) is 0 Å². The van der Waals surface area contributed by atoms with Gasteiger partial charge in [-0.3, -0.25) is 0 Å². The van der Waals surface area contributed by atoms with Crippen LogP contribution in [0, 0.1) is 5.82 Å². The summed E-state index contributed by atoms with van der Waals surface area (Å²) in [5, 5.41) is 20.0. The first-order chi connectivity index (χ1) is 8.65. The van der Waals surface area contributed by atoms with Gasteiger partial charge in [0.25, 0.3) is 0 Å². The van der Waals surface area contributed by atoms with Crippen molar-refractivity contribution in [2.75, 3.05) is 0 Å². The summed E-state index contributed by atoms with van der Waals surface area (Å²) in [6.07, 6.45) is 0. The maximum atomic E-state index is 12.8. The summed E-state index contributed by atoms with van der Waals surface area (Å²) in [4.78, 5) is 4.26. The molecule has 0 fully saturated rings. The number of hydrogen-bond acceptors (Lipinski definition) is 4. The van der Waals surface area contributed by atoms with E-state index in [9.17, 15) is 14.6 Å². The predicted molar refractivity (Wildman–Crippen MR) is 68.3 cm³/mol. The zero-order valence-corrected chi connectivity index (χ0v) is 9.91. The molecule has 0 bridgehead atoms. The average molecular weight is 261 g/mol. The van der Waals surface area contributed by atoms with Crippen molar-refractivity contribution in [3.63, 3.8) is 0 Å². The topological polar surface area (TPSA) is 53.4 Å². The van der Waals surface area contributed by atoms with Crippen molar-refractivity contribution in [3.8, 4) is 22.1 Å². The molecule has 0 spiro atoms. The molecule has 0 aliphatic carbocycles. The molecule has 3 aromatic rings. The third kappa shape index (κ3) is 1.69. The Balaban J connectivity index is 2.22. The highest BCUT2D eigenvalue weighted by Crippen LogP contribution is 2.39. The average Bonchev–Trinajstić information content (AvgIpc) is 2.81. The van der Waals surface area contributed by atoms with Crippen LogP contribution in [0.1, 0.15) is 0 Å². The summed E-state index contributed by atoms with van der Waals surface area (Å²) in [6, 6.07) is 8.74. The van der Waals surface area contributed by atoms with E-state index >= 15 is 0 Å². The van der Waals surface area contributed by atoms with Crippen molar-refractivity contribution in [2.45, 2.75) is 0 Å². The molecule has 90 valence electrons. The smallest absolute Gasteiger partial charge is 0.142 e. The van der Waals surface area contributed by atoms with E-state index in [4.69, 9.17) is 0 Å². The lowest BCUT2D eigenvalue weighted by Crippen LogP contribution is -1.77. The first-order valence-electron chi connectivity index (χ1n) is 5.22. The van der Waals surface area contributed by atoms with Crippen LogP contribution >= 0.6 is 11.3 Å². The van der Waals surface area contributed by atoms with E-state index in [2.05, 4.69) is 4.98 Å². The molecular formula is C13H8FNO2S. The molecule has 5 heteroatoms. The molecule has 3 rings (SSSR count). The molecule has 0 atom stereocenters. The van der Waals surface area contributed by atoms with Gasteiger partial charge in [-0.1, -0.05) is 0 Å². The molecule has 2 aromatic carbocycles. The number of halogens is 1. The van der Waals surface area contributed by atoms with Crippen LogP contribution in [-0.2, 0) is 0 Å². The SMILES string of the molecule is Oc1ccc(O)c2sc(-c3ccc(F)cc3)nc12. The Morgan fingerprint density at radius 1 is 0.944 bits per heavy atom. The van der Waals surface area contributed by atoms with Gasteiger partial charge in [0, 0.05) is 5.56 Å². The standard InChI is InChI=1S/C13H8FNO2S/c14-8-3-1-7(2-4-8)13-15-11-9(16)5-6-10(17)12(11)18-13/h1-6,16-17H. The van der Waals surface area contributed by atoms with E-state index in [1.807, 2.05) is 0 Å². The second-order valence-electron chi connectivity index (χ2n) is 3.81. The third-order valence-corrected chi connectivity index (χ3v) is 3.72. The minimum atomic E-state index is -0.314. The first kappa shape index (κ1) is 11.0. The number of fused-ring (bicyclic) bond motifs is 1. The molecule has 0 saturated carbocycles. The Labute approximate surface area is 106 Å². The minimum absolute atomic E-state index is 0.0208. The van der Waals surface area contributed by atoms with Gasteiger partial charge in [-0.05, 0) is 36.4 Å². The highest BCUT2D eigenvalue weighted by molar-refractivity contribution is 7.22. The van der Waals surface area contributed by atoms with Gasteiger partial charge in [0.1, 0.15) is 32.5 Å². The zero-order valence-electron chi connectivity index (χ0n) is 9.09. The fourth-order valence-corrected chi connectivity index (χ4v) is 2.70. The largest absolute Gasteiger partial charge is 0.506 e. The Bertz CT molecular complexity index is 683. The molecule has 0 saturated heterocycles. The quantitative estimate of drug-likeness (QED) is 0.659. The molecule has 0 aliphatic rings. The van der Waals surface area contributed by atoms with E-state index in [0.717, 1.165) is 5.56 Å². The summed E-state index contributed by atoms with van der Waals surface area (Å²) in [7, 11) is 0. The lowest BCUT2D eigenvalue weighted by Gasteiger charge is -1.94. The maximum Gasteiger partial charge on any atom is 0.142 e. The van der Waals surface area contributed by atoms with Crippen LogP contribution in [0.25, 0.3) is 20.8 Å². The van der Waals surface area contributed by atoms with Crippen molar-refractivity contribution in [2.24, 2.45) is 0 Å². The second kappa shape index (κ2) is 3.96. The number of benzene rings is 2. The molecule has 1 aromatic heterocycles. The molecular weight excluding hydrogens is 253 g/mol. The second-order valence-corrected chi connectivity index (χ2v) is 4.81. The summed E-state index contributed by atoms with van der Waals surface area (Å²) >= 11 is 1.25. The van der Waals surface area contributed by atoms with Crippen molar-refractivity contribution >= 4 is 21.6 Å². The summed E-state index contributed by atoms with van der Waals surface area (Å²) < 4.78 is 13.4. The monoisotopic (exact) mass is 261 g/mol. The third-order valence-electron chi connectivity index (χ3n) is 2.59. The molecule has 0 unspecified atom stereocenters. The van der Waals surface area contributed by atoms with Gasteiger partial charge in [0.05, 0.1) is 0 Å². The van der Waals surface area contributed by atoms with E-state index < -0.39 is 0 Å². The fourth-order valence-electron chi connectivity index (χ4n) is 1.70. The molecule has 0 aliphatic heterocycles. The van der Waals surface area contributed by atoms with Crippen molar-refractivity contribution < 1.29 is 14.6 Å². The van der Waals surface area contributed by atoms with Crippen LogP contribution in [0.3, 0.4) is 0 Å². The van der Waals surface area contributed by atoms with Crippen molar-refractivity contribution in [1.82, 2.24) is 4.98 Å². The first-order valence-corrected chi connectivity index (χ1v) is 6.04. The number of phenolic OH excluding ortho intramolecular Hbond substituents is 2. The fraction of sp³-hybridized carbons (Fsp3) is 0. The van der Waals surface area contributed by atoms with Crippen molar-refractivity contribution in [1.29, 1.82) is 0 Å². The van der Waals surface area contributed by atoms with Gasteiger partial charge < -0.3 is 10.2 Å². The molecule has 2 N–H and O–H groups in total. The van der Waals surface area contributed by atoms with Gasteiger partial charge in [-0.25, -0.2) is 9.37 Å². The van der Waals surface area contributed by atoms with E-state index in [1.54, 1.807) is 12.1 Å². The Morgan fingerprint density at radius 3 is 2.28 bits per heavy atom. The number of nitrogens with zero attached hydrogens (tertiary/aromatic N) is 1. The van der Waals surface area contributed by atoms with Crippen LogP contribution < -0.4 is 0 Å². The highest BCUT2D eigenvalue weighted by atomic mass is 32.1. The Hall–Kier alpha value is -2.14. The molecule has 18 heavy (non-hydrogen) atoms. The maximum absolute atomic E-state index is 12.8. The van der Waals surface area contributed by atoms with Gasteiger partial charge >= 0.3 is 0 Å². The van der Waals surface area contributed by atoms with Crippen LogP contribution in [-0.4, -0.2) is 15.2 Å². The number of phenols is 2. The van der Waals surface area contributed by atoms with E-state index in [0.29, 0.717) is 15.2 Å². The van der Waals surface area contributed by atoms with Crippen molar-refractivity contribution in [3.05, 3.63) is 42.2 Å². The molecule has 1 heterocycles. The zero-order chi connectivity index (χ0) is 12.7. The number of hydrogen-bond donors (Lipinski definition) is 2. The molecule has 0 amide bonds. The summed E-state index contributed by atoms with van der Waals surface area (Å²) in [5.74, 6) is -0.216. The van der Waals surface area contributed by atoms with E-state index in [1.165, 1.54) is 35.6 Å². The summed E-state index contributed by atoms with van der Waals surface area (Å²) in [5.41, 5.74) is 1.11. The van der Waals surface area contributed by atoms with Crippen LogP contribution in [0.15, 0.2) is 36.4 Å². The van der Waals surface area contributed by atoms with Gasteiger partial charge in [-0.2, -0.15) is 0 Å². The number of rotatable bonds is 1. The summed E-state index contributed by atoms with van der Waals surface area (Å²) in [6.45, 7) is 0. The lowest BCUT2D eigenvalue weighted by molar-refractivity contribution is 0.469. The van der Waals surface area contributed by atoms with Crippen LogP contribution in [0.4, 0.5) is 4.39 Å². The normalized spacial score (nSPS) is 10.9. The lowest BCUT2D eigenvalue weighted by atomic mass is 10.2. The molecule has 0 radical (unpaired) electrons. The predicted octanol–water partition coefficient (Wildman–Crippen LogP) is 3.51. The highest BCUT2D eigenvalue weighted by Gasteiger charge is 2.12. The van der Waals surface area contributed by atoms with Gasteiger partial charge in [0.2, 0.25) is 0 Å². The number of thiazole rings is 1.